The van der Waals surface area contributed by atoms with Crippen LogP contribution in [0.2, 0.25) is 5.02 Å². The predicted molar refractivity (Wildman–Crippen MR) is 108 cm³/mol. The van der Waals surface area contributed by atoms with Crippen molar-refractivity contribution in [1.82, 2.24) is 15.0 Å². The van der Waals surface area contributed by atoms with Crippen LogP contribution in [0.1, 0.15) is 21.7 Å². The number of imidazole rings is 1. The molecule has 2 heterocycles. The second-order valence-corrected chi connectivity index (χ2v) is 7.25. The number of hydrogen-bond acceptors (Lipinski definition) is 3. The molecule has 5 nitrogen and oxygen atoms in total. The Kier molecular flexibility index (Phi) is 5.33. The normalized spacial score (nSPS) is 11.7. The number of pyridine rings is 1. The van der Waals surface area contributed by atoms with E-state index in [1.165, 1.54) is 25.1 Å². The highest BCUT2D eigenvalue weighted by molar-refractivity contribution is 6.33. The molecule has 0 radical (unpaired) electrons. The van der Waals surface area contributed by atoms with Crippen molar-refractivity contribution in [3.63, 3.8) is 0 Å². The lowest BCUT2D eigenvalue weighted by Crippen LogP contribution is -2.16. The number of aromatic nitrogens is 3. The van der Waals surface area contributed by atoms with Crippen LogP contribution >= 0.6 is 11.6 Å². The van der Waals surface area contributed by atoms with Crippen LogP contribution in [-0.2, 0) is 6.18 Å². The minimum absolute atomic E-state index is 0.0456. The van der Waals surface area contributed by atoms with Gasteiger partial charge in [0, 0.05) is 17.3 Å². The van der Waals surface area contributed by atoms with Gasteiger partial charge >= 0.3 is 6.18 Å². The van der Waals surface area contributed by atoms with Gasteiger partial charge in [-0.15, -0.1) is 0 Å². The summed E-state index contributed by atoms with van der Waals surface area (Å²) in [6, 6.07) is 7.90. The van der Waals surface area contributed by atoms with E-state index in [9.17, 15) is 26.7 Å². The number of carbonyl (C=O) groups excluding carboxylic acids is 1. The summed E-state index contributed by atoms with van der Waals surface area (Å²) >= 11 is 6.21. The lowest BCUT2D eigenvalue weighted by molar-refractivity contribution is -0.141. The van der Waals surface area contributed by atoms with E-state index in [2.05, 4.69) is 20.3 Å². The van der Waals surface area contributed by atoms with Crippen molar-refractivity contribution in [2.75, 3.05) is 5.32 Å². The molecule has 0 aliphatic rings. The van der Waals surface area contributed by atoms with Gasteiger partial charge in [0.05, 0.1) is 21.8 Å². The number of benzene rings is 2. The number of hydrogen-bond donors (Lipinski definition) is 2. The highest BCUT2D eigenvalue weighted by Crippen LogP contribution is 2.32. The number of halogens is 6. The number of nitrogens with one attached hydrogen (secondary N) is 2. The van der Waals surface area contributed by atoms with Crippen molar-refractivity contribution < 1.29 is 26.7 Å². The van der Waals surface area contributed by atoms with Crippen molar-refractivity contribution in [3.05, 3.63) is 76.1 Å². The molecule has 0 aliphatic heterocycles. The molecule has 0 saturated carbocycles. The fourth-order valence-corrected chi connectivity index (χ4v) is 3.32. The van der Waals surface area contributed by atoms with Crippen LogP contribution in [0, 0.1) is 18.6 Å². The Morgan fingerprint density at radius 1 is 1.06 bits per heavy atom. The molecular formula is C21H12ClF5N4O. The molecule has 4 aromatic rings. The summed E-state index contributed by atoms with van der Waals surface area (Å²) in [5.41, 5.74) is -0.665. The van der Waals surface area contributed by atoms with Crippen molar-refractivity contribution in [3.8, 4) is 11.4 Å². The maximum Gasteiger partial charge on any atom is 0.433 e. The average Bonchev–Trinajstić information content (AvgIpc) is 3.12. The molecule has 4 rings (SSSR count). The van der Waals surface area contributed by atoms with Gasteiger partial charge in [0.1, 0.15) is 22.9 Å². The van der Waals surface area contributed by atoms with E-state index < -0.39 is 29.4 Å². The lowest BCUT2D eigenvalue weighted by atomic mass is 10.1. The van der Waals surface area contributed by atoms with E-state index in [0.717, 1.165) is 18.2 Å². The first kappa shape index (κ1) is 21.7. The first-order valence-electron chi connectivity index (χ1n) is 9.04. The number of rotatable bonds is 3. The Labute approximate surface area is 182 Å². The molecule has 32 heavy (non-hydrogen) atoms. The first-order valence-corrected chi connectivity index (χ1v) is 9.41. The van der Waals surface area contributed by atoms with Crippen LogP contribution < -0.4 is 5.32 Å². The van der Waals surface area contributed by atoms with Crippen LogP contribution in [0.5, 0.6) is 0 Å². The van der Waals surface area contributed by atoms with Gasteiger partial charge in [-0.3, -0.25) is 4.79 Å². The first-order chi connectivity index (χ1) is 15.0. The summed E-state index contributed by atoms with van der Waals surface area (Å²) in [7, 11) is 0. The largest absolute Gasteiger partial charge is 0.433 e. The van der Waals surface area contributed by atoms with Gasteiger partial charge in [-0.25, -0.2) is 18.7 Å². The third-order valence-corrected chi connectivity index (χ3v) is 4.93. The summed E-state index contributed by atoms with van der Waals surface area (Å²) in [4.78, 5) is 22.9. The molecule has 11 heteroatoms. The van der Waals surface area contributed by atoms with Crippen LogP contribution in [0.4, 0.5) is 27.6 Å². The van der Waals surface area contributed by atoms with Crippen molar-refractivity contribution in [1.29, 1.82) is 0 Å². The predicted octanol–water partition coefficient (Wildman–Crippen LogP) is 6.14. The molecular weight excluding hydrogens is 455 g/mol. The maximum absolute atomic E-state index is 14.0. The summed E-state index contributed by atoms with van der Waals surface area (Å²) in [5.74, 6) is -2.18. The van der Waals surface area contributed by atoms with E-state index in [4.69, 9.17) is 11.6 Å². The Balaban J connectivity index is 1.65. The standard InChI is InChI=1S/C21H12ClF5N4O/c1-9-12(3-5-17(28-9)21(25,26)27)20(32)29-11-2-4-14(22)13(8-11)19-30-16-7-10(23)6-15(24)18(16)31-19/h2-8H,1H3,(H,29,32)(H,30,31). The number of aromatic amines is 1. The maximum atomic E-state index is 14.0. The minimum atomic E-state index is -4.63. The van der Waals surface area contributed by atoms with Gasteiger partial charge in [-0.05, 0) is 43.3 Å². The molecule has 0 atom stereocenters. The third-order valence-electron chi connectivity index (χ3n) is 4.61. The molecule has 0 bridgehead atoms. The van der Waals surface area contributed by atoms with Gasteiger partial charge in [0.15, 0.2) is 5.82 Å². The number of fused-ring (bicyclic) bond motifs is 1. The van der Waals surface area contributed by atoms with Gasteiger partial charge in [-0.1, -0.05) is 11.6 Å². The monoisotopic (exact) mass is 466 g/mol. The molecule has 1 amide bonds. The lowest BCUT2D eigenvalue weighted by Gasteiger charge is -2.11. The molecule has 0 unspecified atom stereocenters. The fourth-order valence-electron chi connectivity index (χ4n) is 3.11. The second kappa shape index (κ2) is 7.86. The molecule has 2 aromatic heterocycles. The number of H-pyrrole nitrogens is 1. The van der Waals surface area contributed by atoms with Crippen LogP contribution in [0.15, 0.2) is 42.5 Å². The number of alkyl halides is 3. The molecule has 0 spiro atoms. The van der Waals surface area contributed by atoms with Gasteiger partial charge in [0.2, 0.25) is 0 Å². The van der Waals surface area contributed by atoms with E-state index in [1.54, 1.807) is 0 Å². The van der Waals surface area contributed by atoms with Crippen LogP contribution in [0.3, 0.4) is 0 Å². The van der Waals surface area contributed by atoms with Gasteiger partial charge in [-0.2, -0.15) is 13.2 Å². The Morgan fingerprint density at radius 2 is 1.81 bits per heavy atom. The van der Waals surface area contributed by atoms with Crippen LogP contribution in [0.25, 0.3) is 22.4 Å². The van der Waals surface area contributed by atoms with Gasteiger partial charge in [0.25, 0.3) is 5.91 Å². The highest BCUT2D eigenvalue weighted by atomic mass is 35.5. The Bertz CT molecular complexity index is 1370. The summed E-state index contributed by atoms with van der Waals surface area (Å²) in [5, 5.41) is 2.77. The number of nitrogens with zero attached hydrogens (tertiary/aromatic N) is 2. The van der Waals surface area contributed by atoms with E-state index >= 15 is 0 Å². The summed E-state index contributed by atoms with van der Waals surface area (Å²) < 4.78 is 65.8. The number of carbonyl (C=O) groups is 1. The molecule has 0 fully saturated rings. The van der Waals surface area contributed by atoms with Crippen LogP contribution in [-0.4, -0.2) is 20.9 Å². The third kappa shape index (κ3) is 4.13. The molecule has 2 N–H and O–H groups in total. The number of aryl methyl sites for hydroxylation is 1. The molecule has 0 saturated heterocycles. The minimum Gasteiger partial charge on any atom is -0.338 e. The molecule has 0 aliphatic carbocycles. The smallest absolute Gasteiger partial charge is 0.338 e. The zero-order valence-electron chi connectivity index (χ0n) is 16.1. The average molecular weight is 467 g/mol. The number of anilines is 1. The summed E-state index contributed by atoms with van der Waals surface area (Å²) in [6.45, 7) is 1.29. The SMILES string of the molecule is Cc1nc(C(F)(F)F)ccc1C(=O)Nc1ccc(Cl)c(-c2nc3c(F)cc(F)cc3[nH]2)c1. The van der Waals surface area contributed by atoms with E-state index in [-0.39, 0.29) is 38.8 Å². The summed E-state index contributed by atoms with van der Waals surface area (Å²) in [6.07, 6.45) is -4.63. The number of amides is 1. The van der Waals surface area contributed by atoms with Crippen molar-refractivity contribution in [2.45, 2.75) is 13.1 Å². The fraction of sp³-hybridized carbons (Fsp3) is 0.0952. The molecule has 2 aromatic carbocycles. The van der Waals surface area contributed by atoms with E-state index in [0.29, 0.717) is 11.6 Å². The van der Waals surface area contributed by atoms with Crippen molar-refractivity contribution >= 4 is 34.2 Å². The zero-order valence-corrected chi connectivity index (χ0v) is 16.9. The second-order valence-electron chi connectivity index (χ2n) is 6.85. The van der Waals surface area contributed by atoms with E-state index in [1.807, 2.05) is 0 Å². The Hall–Kier alpha value is -3.53. The topological polar surface area (TPSA) is 70.7 Å². The van der Waals surface area contributed by atoms with Crippen molar-refractivity contribution in [2.24, 2.45) is 0 Å². The highest BCUT2D eigenvalue weighted by Gasteiger charge is 2.33. The van der Waals surface area contributed by atoms with Gasteiger partial charge < -0.3 is 10.3 Å². The Morgan fingerprint density at radius 3 is 2.50 bits per heavy atom. The zero-order chi connectivity index (χ0) is 23.2. The molecule has 164 valence electrons. The quantitative estimate of drug-likeness (QED) is 0.356.